The monoisotopic (exact) mass is 226 g/mol. The van der Waals surface area contributed by atoms with E-state index in [1.165, 1.54) is 0 Å². The summed E-state index contributed by atoms with van der Waals surface area (Å²) in [4.78, 5) is 4.02. The lowest BCUT2D eigenvalue weighted by Crippen LogP contribution is -2.15. The van der Waals surface area contributed by atoms with Crippen LogP contribution < -0.4 is 5.32 Å². The summed E-state index contributed by atoms with van der Waals surface area (Å²) in [7, 11) is 0. The third-order valence-corrected chi connectivity index (χ3v) is 2.52. The van der Waals surface area contributed by atoms with Gasteiger partial charge in [-0.3, -0.25) is 4.98 Å². The van der Waals surface area contributed by atoms with Crippen molar-refractivity contribution in [2.75, 3.05) is 11.9 Å². The number of anilines is 1. The van der Waals surface area contributed by atoms with E-state index < -0.39 is 0 Å². The first kappa shape index (κ1) is 10.1. The van der Waals surface area contributed by atoms with Gasteiger partial charge in [-0.15, -0.1) is 16.7 Å². The lowest BCUT2D eigenvalue weighted by atomic mass is 10.3. The first-order valence-corrected chi connectivity index (χ1v) is 5.15. The van der Waals surface area contributed by atoms with Crippen LogP contribution in [0.25, 0.3) is 5.65 Å². The highest BCUT2D eigenvalue weighted by molar-refractivity contribution is 6.20. The van der Waals surface area contributed by atoms with Crippen LogP contribution in [0.4, 0.5) is 5.82 Å². The number of fused-ring (bicyclic) bond motifs is 1. The van der Waals surface area contributed by atoms with Gasteiger partial charge in [0.05, 0.1) is 17.8 Å². The molecule has 0 saturated carbocycles. The number of rotatable bonds is 4. The van der Waals surface area contributed by atoms with Crippen molar-refractivity contribution in [3.05, 3.63) is 12.4 Å². The predicted molar refractivity (Wildman–Crippen MR) is 57.0 cm³/mol. The molecule has 1 unspecified atom stereocenters. The SMILES string of the molecule is CCC(Cl)CNc1cncc2nnnn12. The van der Waals surface area contributed by atoms with Crippen LogP contribution >= 0.6 is 11.6 Å². The maximum Gasteiger partial charge on any atom is 0.199 e. The van der Waals surface area contributed by atoms with E-state index in [9.17, 15) is 0 Å². The summed E-state index contributed by atoms with van der Waals surface area (Å²) in [6.45, 7) is 2.70. The normalized spacial score (nSPS) is 12.9. The van der Waals surface area contributed by atoms with Gasteiger partial charge in [0, 0.05) is 6.54 Å². The first-order valence-electron chi connectivity index (χ1n) is 4.71. The van der Waals surface area contributed by atoms with Crippen molar-refractivity contribution in [2.24, 2.45) is 0 Å². The predicted octanol–water partition coefficient (Wildman–Crippen LogP) is 0.949. The number of alkyl halides is 1. The van der Waals surface area contributed by atoms with Crippen LogP contribution in [0, 0.1) is 0 Å². The summed E-state index contributed by atoms with van der Waals surface area (Å²) >= 11 is 6.00. The molecule has 0 aromatic carbocycles. The van der Waals surface area contributed by atoms with Gasteiger partial charge in [-0.25, -0.2) is 0 Å². The van der Waals surface area contributed by atoms with Gasteiger partial charge in [0.2, 0.25) is 0 Å². The second-order valence-electron chi connectivity index (χ2n) is 3.13. The van der Waals surface area contributed by atoms with E-state index in [2.05, 4.69) is 25.8 Å². The second kappa shape index (κ2) is 4.39. The molecule has 0 spiro atoms. The van der Waals surface area contributed by atoms with Gasteiger partial charge in [0.15, 0.2) is 5.65 Å². The van der Waals surface area contributed by atoms with Crippen molar-refractivity contribution in [2.45, 2.75) is 18.7 Å². The summed E-state index contributed by atoms with van der Waals surface area (Å²) in [6.07, 6.45) is 4.18. The summed E-state index contributed by atoms with van der Waals surface area (Å²) in [5.74, 6) is 0.747. The summed E-state index contributed by atoms with van der Waals surface area (Å²) in [5, 5.41) is 14.4. The molecule has 15 heavy (non-hydrogen) atoms. The van der Waals surface area contributed by atoms with Crippen molar-refractivity contribution >= 4 is 23.1 Å². The molecule has 2 aromatic heterocycles. The van der Waals surface area contributed by atoms with Gasteiger partial charge < -0.3 is 5.32 Å². The highest BCUT2D eigenvalue weighted by Crippen LogP contribution is 2.08. The van der Waals surface area contributed by atoms with Crippen LogP contribution in [0.5, 0.6) is 0 Å². The lowest BCUT2D eigenvalue weighted by Gasteiger charge is -2.09. The Kier molecular flexibility index (Phi) is 2.96. The van der Waals surface area contributed by atoms with E-state index in [4.69, 9.17) is 11.6 Å². The third kappa shape index (κ3) is 2.15. The summed E-state index contributed by atoms with van der Waals surface area (Å²) in [5.41, 5.74) is 0.614. The highest BCUT2D eigenvalue weighted by Gasteiger charge is 2.05. The molecule has 0 amide bonds. The molecule has 6 nitrogen and oxygen atoms in total. The van der Waals surface area contributed by atoms with E-state index in [0.717, 1.165) is 12.2 Å². The molecule has 2 aromatic rings. The minimum absolute atomic E-state index is 0.0942. The van der Waals surface area contributed by atoms with E-state index in [-0.39, 0.29) is 5.38 Å². The Morgan fingerprint density at radius 3 is 3.20 bits per heavy atom. The average Bonchev–Trinajstić information content (AvgIpc) is 2.74. The first-order chi connectivity index (χ1) is 7.31. The molecule has 0 bridgehead atoms. The number of nitrogens with zero attached hydrogens (tertiary/aromatic N) is 5. The van der Waals surface area contributed by atoms with Crippen LogP contribution in [-0.4, -0.2) is 36.9 Å². The molecular weight excluding hydrogens is 216 g/mol. The molecule has 0 saturated heterocycles. The van der Waals surface area contributed by atoms with Gasteiger partial charge in [-0.05, 0) is 16.8 Å². The number of tetrazole rings is 1. The van der Waals surface area contributed by atoms with E-state index in [0.29, 0.717) is 12.2 Å². The minimum atomic E-state index is 0.0942. The number of halogens is 1. The number of hydrogen-bond acceptors (Lipinski definition) is 5. The van der Waals surface area contributed by atoms with Gasteiger partial charge in [0.1, 0.15) is 5.82 Å². The standard InChI is InChI=1S/C8H11ClN6/c1-2-6(9)3-11-7-4-10-5-8-12-13-14-15(7)8/h4-6,11H,2-3H2,1H3. The molecule has 0 aliphatic carbocycles. The number of hydrogen-bond donors (Lipinski definition) is 1. The Hall–Kier alpha value is -1.43. The highest BCUT2D eigenvalue weighted by atomic mass is 35.5. The maximum absolute atomic E-state index is 6.00. The van der Waals surface area contributed by atoms with Crippen molar-refractivity contribution < 1.29 is 0 Å². The zero-order chi connectivity index (χ0) is 10.7. The van der Waals surface area contributed by atoms with Crippen molar-refractivity contribution in [1.82, 2.24) is 25.0 Å². The largest absolute Gasteiger partial charge is 0.367 e. The Morgan fingerprint density at radius 1 is 1.53 bits per heavy atom. The van der Waals surface area contributed by atoms with Crippen LogP contribution in [-0.2, 0) is 0 Å². The molecule has 0 radical (unpaired) electrons. The Morgan fingerprint density at radius 2 is 2.40 bits per heavy atom. The van der Waals surface area contributed by atoms with Crippen LogP contribution in [0.15, 0.2) is 12.4 Å². The van der Waals surface area contributed by atoms with Crippen molar-refractivity contribution in [3.8, 4) is 0 Å². The van der Waals surface area contributed by atoms with E-state index >= 15 is 0 Å². The molecule has 1 N–H and O–H groups in total. The Labute approximate surface area is 91.6 Å². The van der Waals surface area contributed by atoms with Gasteiger partial charge in [0.25, 0.3) is 0 Å². The van der Waals surface area contributed by atoms with Gasteiger partial charge in [-0.2, -0.15) is 4.52 Å². The molecule has 0 aliphatic rings. The smallest absolute Gasteiger partial charge is 0.199 e. The zero-order valence-corrected chi connectivity index (χ0v) is 9.02. The van der Waals surface area contributed by atoms with Gasteiger partial charge >= 0.3 is 0 Å². The fourth-order valence-corrected chi connectivity index (χ4v) is 1.23. The minimum Gasteiger partial charge on any atom is -0.367 e. The Bertz CT molecular complexity index is 441. The van der Waals surface area contributed by atoms with Gasteiger partial charge in [-0.1, -0.05) is 6.92 Å². The topological polar surface area (TPSA) is 68.0 Å². The van der Waals surface area contributed by atoms with Crippen LogP contribution in [0.2, 0.25) is 0 Å². The third-order valence-electron chi connectivity index (χ3n) is 2.06. The quantitative estimate of drug-likeness (QED) is 0.787. The fourth-order valence-electron chi connectivity index (χ4n) is 1.16. The second-order valence-corrected chi connectivity index (χ2v) is 3.75. The molecule has 2 rings (SSSR count). The molecule has 0 aliphatic heterocycles. The number of nitrogens with one attached hydrogen (secondary N) is 1. The van der Waals surface area contributed by atoms with Crippen molar-refractivity contribution in [3.63, 3.8) is 0 Å². The van der Waals surface area contributed by atoms with Crippen LogP contribution in [0.3, 0.4) is 0 Å². The molecule has 0 fully saturated rings. The lowest BCUT2D eigenvalue weighted by molar-refractivity contribution is 0.801. The Balaban J connectivity index is 2.17. The number of aromatic nitrogens is 5. The molecule has 1 atom stereocenters. The summed E-state index contributed by atoms with van der Waals surface area (Å²) in [6, 6.07) is 0. The molecule has 80 valence electrons. The summed E-state index contributed by atoms with van der Waals surface area (Å²) < 4.78 is 1.59. The average molecular weight is 227 g/mol. The maximum atomic E-state index is 6.00. The molecule has 7 heteroatoms. The van der Waals surface area contributed by atoms with Crippen molar-refractivity contribution in [1.29, 1.82) is 0 Å². The fraction of sp³-hybridized carbons (Fsp3) is 0.500. The molecular formula is C8H11ClN6. The van der Waals surface area contributed by atoms with E-state index in [1.807, 2.05) is 6.92 Å². The molecule has 2 heterocycles. The van der Waals surface area contributed by atoms with E-state index in [1.54, 1.807) is 16.9 Å². The van der Waals surface area contributed by atoms with Crippen LogP contribution in [0.1, 0.15) is 13.3 Å². The zero-order valence-electron chi connectivity index (χ0n) is 8.26.